The summed E-state index contributed by atoms with van der Waals surface area (Å²) in [4.78, 5) is 34.6. The first-order chi connectivity index (χ1) is 16.3. The Morgan fingerprint density at radius 3 is 2.47 bits per heavy atom. The zero-order valence-electron chi connectivity index (χ0n) is 18.4. The molecule has 1 atom stereocenters. The monoisotopic (exact) mass is 462 g/mol. The Labute approximate surface area is 194 Å². The molecule has 0 aliphatic carbocycles. The molecule has 0 saturated carbocycles. The third-order valence-electron chi connectivity index (χ3n) is 5.72. The molecule has 0 spiro atoms. The van der Waals surface area contributed by atoms with E-state index in [0.29, 0.717) is 17.6 Å². The number of pyridine rings is 3. The molecule has 0 fully saturated rings. The molecule has 174 valence electrons. The summed E-state index contributed by atoms with van der Waals surface area (Å²) in [7, 11) is 0. The molecule has 3 aromatic heterocycles. The number of rotatable bonds is 7. The third kappa shape index (κ3) is 4.57. The van der Waals surface area contributed by atoms with Gasteiger partial charge in [-0.25, -0.2) is 4.39 Å². The standard InChI is InChI=1S/C25H23FN4O4/c1-14(25(33)34)20-21(23(27)31)24(32)30(13-18-4-2-3-9-28-18)19-11-16(12-29-22(19)20)10-15-5-7-17(26)8-6-15/h2-9,11-12,14,25,33-34H,10,13H2,1H3,(H2,27,31). The predicted molar refractivity (Wildman–Crippen MR) is 124 cm³/mol. The first-order valence-electron chi connectivity index (χ1n) is 10.6. The number of aliphatic hydroxyl groups excluding tert-OH is 1. The molecule has 1 aromatic carbocycles. The van der Waals surface area contributed by atoms with E-state index in [4.69, 9.17) is 5.73 Å². The Kier molecular flexibility index (Phi) is 6.49. The van der Waals surface area contributed by atoms with Crippen molar-refractivity contribution in [2.24, 2.45) is 5.73 Å². The van der Waals surface area contributed by atoms with Gasteiger partial charge >= 0.3 is 0 Å². The molecule has 4 N–H and O–H groups in total. The maximum absolute atomic E-state index is 13.5. The number of nitrogens with zero attached hydrogens (tertiary/aromatic N) is 3. The number of amides is 1. The number of carbonyl (C=O) groups excluding carboxylic acids is 1. The van der Waals surface area contributed by atoms with Crippen LogP contribution in [0.4, 0.5) is 4.39 Å². The molecule has 34 heavy (non-hydrogen) atoms. The van der Waals surface area contributed by atoms with Gasteiger partial charge < -0.3 is 15.9 Å². The zero-order valence-corrected chi connectivity index (χ0v) is 18.4. The normalized spacial score (nSPS) is 12.3. The van der Waals surface area contributed by atoms with E-state index in [0.717, 1.165) is 11.1 Å². The fourth-order valence-electron chi connectivity index (χ4n) is 3.96. The van der Waals surface area contributed by atoms with E-state index in [1.165, 1.54) is 23.6 Å². The van der Waals surface area contributed by atoms with Crippen LogP contribution >= 0.6 is 0 Å². The molecule has 3 heterocycles. The number of nitrogens with two attached hydrogens (primary N) is 1. The Morgan fingerprint density at radius 2 is 1.85 bits per heavy atom. The fourth-order valence-corrected chi connectivity index (χ4v) is 3.96. The average Bonchev–Trinajstić information content (AvgIpc) is 2.82. The second-order valence-corrected chi connectivity index (χ2v) is 8.08. The summed E-state index contributed by atoms with van der Waals surface area (Å²) in [6.45, 7) is 1.52. The fraction of sp³-hybridized carbons (Fsp3) is 0.200. The van der Waals surface area contributed by atoms with Crippen molar-refractivity contribution in [2.75, 3.05) is 0 Å². The number of benzene rings is 1. The summed E-state index contributed by atoms with van der Waals surface area (Å²) in [6, 6.07) is 13.1. The van der Waals surface area contributed by atoms with Gasteiger partial charge in [-0.05, 0) is 47.9 Å². The summed E-state index contributed by atoms with van der Waals surface area (Å²) >= 11 is 0. The molecule has 0 bridgehead atoms. The van der Waals surface area contributed by atoms with Gasteiger partial charge in [-0.2, -0.15) is 0 Å². The topological polar surface area (TPSA) is 131 Å². The van der Waals surface area contributed by atoms with Crippen molar-refractivity contribution in [3.05, 3.63) is 105 Å². The van der Waals surface area contributed by atoms with Crippen LogP contribution in [0, 0.1) is 5.82 Å². The van der Waals surface area contributed by atoms with Gasteiger partial charge in [0.25, 0.3) is 11.5 Å². The van der Waals surface area contributed by atoms with E-state index in [2.05, 4.69) is 9.97 Å². The van der Waals surface area contributed by atoms with E-state index in [-0.39, 0.29) is 29.0 Å². The van der Waals surface area contributed by atoms with Crippen molar-refractivity contribution in [3.63, 3.8) is 0 Å². The lowest BCUT2D eigenvalue weighted by atomic mass is 9.93. The van der Waals surface area contributed by atoms with Gasteiger partial charge in [0, 0.05) is 23.9 Å². The summed E-state index contributed by atoms with van der Waals surface area (Å²) in [5.41, 5.74) is 7.43. The van der Waals surface area contributed by atoms with Crippen LogP contribution in [0.3, 0.4) is 0 Å². The average molecular weight is 462 g/mol. The lowest BCUT2D eigenvalue weighted by Crippen LogP contribution is -2.34. The molecule has 0 radical (unpaired) electrons. The highest BCUT2D eigenvalue weighted by Gasteiger charge is 2.28. The Bertz CT molecular complexity index is 1400. The number of halogens is 1. The minimum atomic E-state index is -1.84. The molecular weight excluding hydrogens is 439 g/mol. The van der Waals surface area contributed by atoms with Crippen molar-refractivity contribution in [1.29, 1.82) is 0 Å². The lowest BCUT2D eigenvalue weighted by Gasteiger charge is -2.21. The molecule has 0 aliphatic heterocycles. The molecule has 8 nitrogen and oxygen atoms in total. The highest BCUT2D eigenvalue weighted by molar-refractivity contribution is 5.98. The quantitative estimate of drug-likeness (QED) is 0.361. The van der Waals surface area contributed by atoms with Crippen LogP contribution in [0.5, 0.6) is 0 Å². The SMILES string of the molecule is CC(c1c(C(N)=O)c(=O)n(Cc2ccccn2)c2cc(Cc3ccc(F)cc3)cnc12)C(O)O. The number of primary amides is 1. The van der Waals surface area contributed by atoms with Crippen LogP contribution in [0.25, 0.3) is 11.0 Å². The van der Waals surface area contributed by atoms with E-state index in [1.807, 2.05) is 0 Å². The van der Waals surface area contributed by atoms with Crippen LogP contribution in [-0.4, -0.2) is 36.9 Å². The minimum Gasteiger partial charge on any atom is -0.368 e. The van der Waals surface area contributed by atoms with Crippen molar-refractivity contribution in [1.82, 2.24) is 14.5 Å². The van der Waals surface area contributed by atoms with Crippen LogP contribution in [0.2, 0.25) is 0 Å². The number of aliphatic hydroxyl groups is 2. The second-order valence-electron chi connectivity index (χ2n) is 8.08. The highest BCUT2D eigenvalue weighted by atomic mass is 19.1. The van der Waals surface area contributed by atoms with Gasteiger partial charge in [-0.3, -0.25) is 24.1 Å². The maximum Gasteiger partial charge on any atom is 0.264 e. The summed E-state index contributed by atoms with van der Waals surface area (Å²) in [5, 5.41) is 19.7. The van der Waals surface area contributed by atoms with Gasteiger partial charge in [0.15, 0.2) is 6.29 Å². The summed E-state index contributed by atoms with van der Waals surface area (Å²) in [5.74, 6) is -2.33. The Hall–Kier alpha value is -3.95. The highest BCUT2D eigenvalue weighted by Crippen LogP contribution is 2.29. The van der Waals surface area contributed by atoms with Crippen LogP contribution in [-0.2, 0) is 13.0 Å². The van der Waals surface area contributed by atoms with Gasteiger partial charge in [-0.15, -0.1) is 0 Å². The van der Waals surface area contributed by atoms with Gasteiger partial charge in [0.05, 0.1) is 23.3 Å². The molecule has 0 saturated heterocycles. The molecule has 4 rings (SSSR count). The smallest absolute Gasteiger partial charge is 0.264 e. The second kappa shape index (κ2) is 9.50. The molecular formula is C25H23FN4O4. The van der Waals surface area contributed by atoms with Crippen LogP contribution in [0.1, 0.15) is 45.6 Å². The molecule has 9 heteroatoms. The Morgan fingerprint density at radius 1 is 1.12 bits per heavy atom. The van der Waals surface area contributed by atoms with Gasteiger partial charge in [-0.1, -0.05) is 25.1 Å². The minimum absolute atomic E-state index is 0.0501. The van der Waals surface area contributed by atoms with Crippen molar-refractivity contribution >= 4 is 16.9 Å². The first kappa shape index (κ1) is 23.2. The van der Waals surface area contributed by atoms with E-state index in [1.54, 1.807) is 48.8 Å². The molecule has 4 aromatic rings. The van der Waals surface area contributed by atoms with Crippen molar-refractivity contribution in [3.8, 4) is 0 Å². The maximum atomic E-state index is 13.5. The number of hydrogen-bond acceptors (Lipinski definition) is 6. The molecule has 0 aliphatic rings. The predicted octanol–water partition coefficient (Wildman–Crippen LogP) is 2.08. The first-order valence-corrected chi connectivity index (χ1v) is 10.6. The third-order valence-corrected chi connectivity index (χ3v) is 5.72. The zero-order chi connectivity index (χ0) is 24.4. The van der Waals surface area contributed by atoms with Crippen LogP contribution < -0.4 is 11.3 Å². The van der Waals surface area contributed by atoms with Gasteiger partial charge in [0.2, 0.25) is 0 Å². The van der Waals surface area contributed by atoms with E-state index in [9.17, 15) is 24.2 Å². The number of aromatic nitrogens is 3. The largest absolute Gasteiger partial charge is 0.368 e. The van der Waals surface area contributed by atoms with E-state index >= 15 is 0 Å². The van der Waals surface area contributed by atoms with Crippen molar-refractivity contribution < 1.29 is 19.4 Å². The molecule has 1 amide bonds. The van der Waals surface area contributed by atoms with Crippen molar-refractivity contribution in [2.45, 2.75) is 32.1 Å². The summed E-state index contributed by atoms with van der Waals surface area (Å²) in [6.07, 6.45) is 1.75. The number of carbonyl (C=O) groups is 1. The number of hydrogen-bond donors (Lipinski definition) is 3. The molecule has 1 unspecified atom stereocenters. The van der Waals surface area contributed by atoms with E-state index < -0.39 is 23.7 Å². The number of fused-ring (bicyclic) bond motifs is 1. The summed E-state index contributed by atoms with van der Waals surface area (Å²) < 4.78 is 14.7. The Balaban J connectivity index is 1.97. The van der Waals surface area contributed by atoms with Gasteiger partial charge in [0.1, 0.15) is 11.4 Å². The van der Waals surface area contributed by atoms with Crippen LogP contribution in [0.15, 0.2) is 65.7 Å². The lowest BCUT2D eigenvalue weighted by molar-refractivity contribution is -0.0559.